The molecule has 0 saturated carbocycles. The van der Waals surface area contributed by atoms with E-state index in [1.54, 1.807) is 5.92 Å². The molecule has 0 aliphatic heterocycles. The normalized spacial score (nSPS) is 11.4. The van der Waals surface area contributed by atoms with Crippen molar-refractivity contribution >= 4 is 0 Å². The lowest BCUT2D eigenvalue weighted by atomic mass is 9.96. The third-order valence-corrected chi connectivity index (χ3v) is 4.41. The van der Waals surface area contributed by atoms with Crippen LogP contribution in [0.2, 0.25) is 0 Å². The third-order valence-electron chi connectivity index (χ3n) is 4.41. The lowest BCUT2D eigenvalue weighted by Gasteiger charge is -2.10. The van der Waals surface area contributed by atoms with Gasteiger partial charge in [0.15, 0.2) is 0 Å². The monoisotopic (exact) mass is 281 g/mol. The van der Waals surface area contributed by atoms with Crippen molar-refractivity contribution < 1.29 is 0 Å². The predicted molar refractivity (Wildman–Crippen MR) is 94.1 cm³/mol. The molecule has 0 amide bonds. The maximum atomic E-state index is 2.37. The second-order valence-corrected chi connectivity index (χ2v) is 6.70. The van der Waals surface area contributed by atoms with Crippen molar-refractivity contribution in [1.82, 2.24) is 0 Å². The van der Waals surface area contributed by atoms with Crippen LogP contribution in [0.4, 0.5) is 0 Å². The molecule has 0 unspecified atom stereocenters. The number of hydrogen-bond donors (Lipinski definition) is 0. The summed E-state index contributed by atoms with van der Waals surface area (Å²) in [6.07, 6.45) is 23.0. The fourth-order valence-electron chi connectivity index (χ4n) is 2.89. The van der Waals surface area contributed by atoms with Gasteiger partial charge in [-0.3, -0.25) is 0 Å². The van der Waals surface area contributed by atoms with Crippen LogP contribution in [0.25, 0.3) is 0 Å². The summed E-state index contributed by atoms with van der Waals surface area (Å²) in [6, 6.07) is 0. The van der Waals surface area contributed by atoms with Crippen LogP contribution in [0.3, 0.4) is 0 Å². The van der Waals surface area contributed by atoms with Gasteiger partial charge in [0, 0.05) is 0 Å². The first-order valence-corrected chi connectivity index (χ1v) is 9.62. The fourth-order valence-corrected chi connectivity index (χ4v) is 2.89. The van der Waals surface area contributed by atoms with Crippen molar-refractivity contribution in [1.29, 1.82) is 0 Å². The largest absolute Gasteiger partial charge is 0.0654 e. The Bertz CT molecular complexity index is 161. The van der Waals surface area contributed by atoms with Crippen molar-refractivity contribution in [2.45, 2.75) is 124 Å². The highest BCUT2D eigenvalue weighted by Crippen LogP contribution is 2.19. The van der Waals surface area contributed by atoms with Crippen molar-refractivity contribution in [3.63, 3.8) is 0 Å². The highest BCUT2D eigenvalue weighted by atomic mass is 14.1. The third kappa shape index (κ3) is 16.1. The van der Waals surface area contributed by atoms with Gasteiger partial charge in [0.05, 0.1) is 0 Å². The molecule has 0 heteroatoms. The molecule has 0 aromatic carbocycles. The number of rotatable bonds is 16. The van der Waals surface area contributed by atoms with Crippen molar-refractivity contribution in [2.24, 2.45) is 0 Å². The quantitative estimate of drug-likeness (QED) is 0.252. The molecule has 0 aromatic rings. The standard InChI is InChI=1S/C20H41/c1-4-6-8-10-11-12-13-14-15-17-19-20(3)18-16-9-7-5-2/h4-19H2,1-3H3. The van der Waals surface area contributed by atoms with Gasteiger partial charge in [-0.25, -0.2) is 0 Å². The van der Waals surface area contributed by atoms with E-state index in [9.17, 15) is 0 Å². The van der Waals surface area contributed by atoms with E-state index in [2.05, 4.69) is 20.8 Å². The Morgan fingerprint density at radius 2 is 0.750 bits per heavy atom. The van der Waals surface area contributed by atoms with Crippen molar-refractivity contribution in [2.75, 3.05) is 0 Å². The van der Waals surface area contributed by atoms with E-state index in [0.29, 0.717) is 0 Å². The molecule has 1 radical (unpaired) electrons. The molecule has 0 nitrogen and oxygen atoms in total. The molecule has 0 spiro atoms. The van der Waals surface area contributed by atoms with Gasteiger partial charge in [-0.05, 0) is 18.8 Å². The van der Waals surface area contributed by atoms with Crippen LogP contribution in [-0.2, 0) is 0 Å². The van der Waals surface area contributed by atoms with Gasteiger partial charge in [0.25, 0.3) is 0 Å². The maximum absolute atomic E-state index is 2.37. The van der Waals surface area contributed by atoms with E-state index in [-0.39, 0.29) is 0 Å². The van der Waals surface area contributed by atoms with Gasteiger partial charge in [-0.1, -0.05) is 111 Å². The predicted octanol–water partition coefficient (Wildman–Crippen LogP) is 7.86. The van der Waals surface area contributed by atoms with E-state index in [1.165, 1.54) is 103 Å². The molecule has 0 aliphatic rings. The van der Waals surface area contributed by atoms with Crippen LogP contribution in [0.5, 0.6) is 0 Å². The van der Waals surface area contributed by atoms with E-state index >= 15 is 0 Å². The molecular formula is C20H41. The Balaban J connectivity index is 3.07. The molecule has 121 valence electrons. The van der Waals surface area contributed by atoms with Gasteiger partial charge in [-0.2, -0.15) is 0 Å². The summed E-state index contributed by atoms with van der Waals surface area (Å²) in [5.74, 6) is 1.75. The number of unbranched alkanes of at least 4 members (excludes halogenated alkanes) is 12. The average Bonchev–Trinajstić information content (AvgIpc) is 2.45. The summed E-state index contributed by atoms with van der Waals surface area (Å²) in [7, 11) is 0. The molecule has 0 fully saturated rings. The van der Waals surface area contributed by atoms with Gasteiger partial charge in [-0.15, -0.1) is 0 Å². The zero-order valence-corrected chi connectivity index (χ0v) is 14.8. The summed E-state index contributed by atoms with van der Waals surface area (Å²) in [4.78, 5) is 0. The molecule has 0 atom stereocenters. The van der Waals surface area contributed by atoms with Gasteiger partial charge in [0.2, 0.25) is 0 Å². The smallest absolute Gasteiger partial charge is 0.0272 e. The molecule has 0 saturated heterocycles. The minimum atomic E-state index is 1.36. The number of hydrogen-bond acceptors (Lipinski definition) is 0. The molecule has 0 N–H and O–H groups in total. The fraction of sp³-hybridized carbons (Fsp3) is 0.950. The second kappa shape index (κ2) is 17.1. The van der Waals surface area contributed by atoms with E-state index in [4.69, 9.17) is 0 Å². The molecule has 20 heavy (non-hydrogen) atoms. The Morgan fingerprint density at radius 1 is 0.450 bits per heavy atom. The van der Waals surface area contributed by atoms with Gasteiger partial charge >= 0.3 is 0 Å². The molecular weight excluding hydrogens is 240 g/mol. The Kier molecular flexibility index (Phi) is 17.1. The molecule has 0 aromatic heterocycles. The maximum Gasteiger partial charge on any atom is -0.0272 e. The van der Waals surface area contributed by atoms with Crippen LogP contribution in [0.15, 0.2) is 0 Å². The highest BCUT2D eigenvalue weighted by molar-refractivity contribution is 4.83. The summed E-state index contributed by atoms with van der Waals surface area (Å²) in [5.41, 5.74) is 0. The summed E-state index contributed by atoms with van der Waals surface area (Å²) in [5, 5.41) is 0. The Morgan fingerprint density at radius 3 is 1.15 bits per heavy atom. The molecule has 0 rings (SSSR count). The highest BCUT2D eigenvalue weighted by Gasteiger charge is 2.02. The first kappa shape index (κ1) is 20.0. The van der Waals surface area contributed by atoms with E-state index < -0.39 is 0 Å². The molecule has 0 bridgehead atoms. The molecule has 0 aliphatic carbocycles. The lowest BCUT2D eigenvalue weighted by Crippen LogP contribution is -1.92. The average molecular weight is 282 g/mol. The van der Waals surface area contributed by atoms with Crippen molar-refractivity contribution in [3.05, 3.63) is 5.92 Å². The van der Waals surface area contributed by atoms with Gasteiger partial charge in [0.1, 0.15) is 0 Å². The Hall–Kier alpha value is 0. The van der Waals surface area contributed by atoms with Gasteiger partial charge < -0.3 is 0 Å². The SMILES string of the molecule is CCCCCCCCCCCC[C](C)CCCCCC. The van der Waals surface area contributed by atoms with E-state index in [0.717, 1.165) is 0 Å². The Labute approximate surface area is 130 Å². The van der Waals surface area contributed by atoms with Crippen LogP contribution >= 0.6 is 0 Å². The van der Waals surface area contributed by atoms with Crippen LogP contribution in [-0.4, -0.2) is 0 Å². The zero-order valence-electron chi connectivity index (χ0n) is 14.8. The van der Waals surface area contributed by atoms with Crippen LogP contribution < -0.4 is 0 Å². The van der Waals surface area contributed by atoms with Crippen LogP contribution in [0, 0.1) is 5.92 Å². The minimum absolute atomic E-state index is 1.36. The summed E-state index contributed by atoms with van der Waals surface area (Å²) in [6.45, 7) is 6.96. The zero-order chi connectivity index (χ0) is 14.9. The summed E-state index contributed by atoms with van der Waals surface area (Å²) >= 11 is 0. The summed E-state index contributed by atoms with van der Waals surface area (Å²) < 4.78 is 0. The minimum Gasteiger partial charge on any atom is -0.0654 e. The lowest BCUT2D eigenvalue weighted by molar-refractivity contribution is 0.542. The molecule has 0 heterocycles. The van der Waals surface area contributed by atoms with Crippen LogP contribution in [0.1, 0.15) is 124 Å². The van der Waals surface area contributed by atoms with Crippen molar-refractivity contribution in [3.8, 4) is 0 Å². The first-order valence-electron chi connectivity index (χ1n) is 9.62. The first-order chi connectivity index (χ1) is 9.81. The second-order valence-electron chi connectivity index (χ2n) is 6.70. The van der Waals surface area contributed by atoms with E-state index in [1.807, 2.05) is 0 Å². The topological polar surface area (TPSA) is 0 Å².